The van der Waals surface area contributed by atoms with Gasteiger partial charge in [0.05, 0.1) is 5.02 Å². The molecule has 1 saturated heterocycles. The zero-order chi connectivity index (χ0) is 14.0. The topological polar surface area (TPSA) is 58.4 Å². The van der Waals surface area contributed by atoms with Gasteiger partial charge in [0.1, 0.15) is 4.99 Å². The number of hydrogen-bond acceptors (Lipinski definition) is 3. The molecule has 6 heteroatoms. The van der Waals surface area contributed by atoms with E-state index >= 15 is 0 Å². The highest BCUT2D eigenvalue weighted by Crippen LogP contribution is 2.26. The van der Waals surface area contributed by atoms with Crippen LogP contribution in [0.2, 0.25) is 5.02 Å². The van der Waals surface area contributed by atoms with Crippen molar-refractivity contribution in [2.75, 3.05) is 18.0 Å². The molecule has 0 aliphatic carbocycles. The van der Waals surface area contributed by atoms with Crippen LogP contribution in [0.1, 0.15) is 18.9 Å². The van der Waals surface area contributed by atoms with Crippen molar-refractivity contribution in [2.45, 2.75) is 19.4 Å². The van der Waals surface area contributed by atoms with Crippen LogP contribution in [-0.2, 0) is 4.79 Å². The fourth-order valence-electron chi connectivity index (χ4n) is 2.30. The second kappa shape index (κ2) is 5.75. The van der Waals surface area contributed by atoms with Crippen molar-refractivity contribution in [3.63, 3.8) is 0 Å². The first kappa shape index (κ1) is 14.1. The van der Waals surface area contributed by atoms with Crippen molar-refractivity contribution in [3.05, 3.63) is 28.8 Å². The highest BCUT2D eigenvalue weighted by Gasteiger charge is 2.23. The second-order valence-electron chi connectivity index (χ2n) is 4.66. The molecule has 3 N–H and O–H groups in total. The van der Waals surface area contributed by atoms with E-state index < -0.39 is 0 Å². The number of carbonyl (C=O) groups excluding carboxylic acids is 1. The van der Waals surface area contributed by atoms with Gasteiger partial charge in [-0.25, -0.2) is 0 Å². The molecule has 1 aromatic carbocycles. The third kappa shape index (κ3) is 3.36. The molecule has 1 fully saturated rings. The average Bonchev–Trinajstić information content (AvgIpc) is 2.75. The molecule has 0 bridgehead atoms. The zero-order valence-electron chi connectivity index (χ0n) is 10.6. The Bertz CT molecular complexity index is 521. The van der Waals surface area contributed by atoms with E-state index in [0.29, 0.717) is 15.6 Å². The Morgan fingerprint density at radius 3 is 2.89 bits per heavy atom. The first-order chi connectivity index (χ1) is 8.97. The fraction of sp³-hybridized carbons (Fsp3) is 0.385. The normalized spacial score (nSPS) is 18.4. The summed E-state index contributed by atoms with van der Waals surface area (Å²) in [4.78, 5) is 13.5. The SMILES string of the molecule is CC(=O)NC1CCN(c2ccc(C(N)=S)c(Cl)c2)C1. The van der Waals surface area contributed by atoms with Crippen molar-refractivity contribution >= 4 is 40.4 Å². The molecule has 1 amide bonds. The summed E-state index contributed by atoms with van der Waals surface area (Å²) in [5.41, 5.74) is 7.30. The monoisotopic (exact) mass is 297 g/mol. The predicted molar refractivity (Wildman–Crippen MR) is 81.8 cm³/mol. The third-order valence-corrected chi connectivity index (χ3v) is 3.71. The lowest BCUT2D eigenvalue weighted by Gasteiger charge is -2.19. The van der Waals surface area contributed by atoms with E-state index in [2.05, 4.69) is 10.2 Å². The summed E-state index contributed by atoms with van der Waals surface area (Å²) < 4.78 is 0. The van der Waals surface area contributed by atoms with Crippen LogP contribution in [-0.4, -0.2) is 30.0 Å². The van der Waals surface area contributed by atoms with Crippen molar-refractivity contribution < 1.29 is 4.79 Å². The van der Waals surface area contributed by atoms with Crippen molar-refractivity contribution in [3.8, 4) is 0 Å². The number of benzene rings is 1. The summed E-state index contributed by atoms with van der Waals surface area (Å²) in [5, 5.41) is 3.49. The largest absolute Gasteiger partial charge is 0.389 e. The van der Waals surface area contributed by atoms with Crippen molar-refractivity contribution in [2.24, 2.45) is 5.73 Å². The molecule has 4 nitrogen and oxygen atoms in total. The number of rotatable bonds is 3. The van der Waals surface area contributed by atoms with Crippen LogP contribution in [0.3, 0.4) is 0 Å². The van der Waals surface area contributed by atoms with Crippen molar-refractivity contribution in [1.82, 2.24) is 5.32 Å². The smallest absolute Gasteiger partial charge is 0.217 e. The molecule has 1 atom stereocenters. The van der Waals surface area contributed by atoms with Gasteiger partial charge in [-0.2, -0.15) is 0 Å². The van der Waals surface area contributed by atoms with Crippen LogP contribution in [0.15, 0.2) is 18.2 Å². The van der Waals surface area contributed by atoms with Gasteiger partial charge in [-0.05, 0) is 24.6 Å². The molecule has 0 spiro atoms. The highest BCUT2D eigenvalue weighted by atomic mass is 35.5. The van der Waals surface area contributed by atoms with Crippen LogP contribution in [0.4, 0.5) is 5.69 Å². The van der Waals surface area contributed by atoms with E-state index in [9.17, 15) is 4.79 Å². The van der Waals surface area contributed by atoms with Crippen molar-refractivity contribution in [1.29, 1.82) is 0 Å². The Balaban J connectivity index is 2.09. The Morgan fingerprint density at radius 2 is 2.32 bits per heavy atom. The van der Waals surface area contributed by atoms with Gasteiger partial charge in [0.15, 0.2) is 0 Å². The van der Waals surface area contributed by atoms with Crippen LogP contribution in [0.5, 0.6) is 0 Å². The Labute approximate surface area is 122 Å². The molecule has 1 aliphatic rings. The number of carbonyl (C=O) groups is 1. The van der Waals surface area contributed by atoms with Gasteiger partial charge in [0.2, 0.25) is 5.91 Å². The molecule has 1 aliphatic heterocycles. The summed E-state index contributed by atoms with van der Waals surface area (Å²) in [5.74, 6) is 0.00807. The lowest BCUT2D eigenvalue weighted by atomic mass is 10.2. The third-order valence-electron chi connectivity index (χ3n) is 3.18. The van der Waals surface area contributed by atoms with E-state index in [4.69, 9.17) is 29.6 Å². The number of nitrogens with one attached hydrogen (secondary N) is 1. The minimum absolute atomic E-state index is 0.00807. The number of thiocarbonyl (C=S) groups is 1. The minimum atomic E-state index is 0.00807. The van der Waals surface area contributed by atoms with E-state index in [1.807, 2.05) is 18.2 Å². The molecule has 102 valence electrons. The average molecular weight is 298 g/mol. The Kier molecular flexibility index (Phi) is 4.27. The molecule has 19 heavy (non-hydrogen) atoms. The van der Waals surface area contributed by atoms with Crippen LogP contribution in [0, 0.1) is 0 Å². The Morgan fingerprint density at radius 1 is 1.58 bits per heavy atom. The number of hydrogen-bond donors (Lipinski definition) is 2. The van der Waals surface area contributed by atoms with E-state index in [1.54, 1.807) is 0 Å². The van der Waals surface area contributed by atoms with E-state index in [0.717, 1.165) is 25.2 Å². The standard InChI is InChI=1S/C13H16ClN3OS/c1-8(18)16-9-4-5-17(7-9)10-2-3-11(13(15)19)12(14)6-10/h2-3,6,9H,4-5,7H2,1H3,(H2,15,19)(H,16,18). The molecular formula is C13H16ClN3OS. The molecule has 1 aromatic rings. The molecule has 0 radical (unpaired) electrons. The quantitative estimate of drug-likeness (QED) is 0.834. The molecular weight excluding hydrogens is 282 g/mol. The molecule has 0 aromatic heterocycles. The maximum absolute atomic E-state index is 11.0. The van der Waals surface area contributed by atoms with Gasteiger partial charge in [0.25, 0.3) is 0 Å². The first-order valence-corrected chi connectivity index (χ1v) is 6.87. The zero-order valence-corrected chi connectivity index (χ0v) is 12.2. The van der Waals surface area contributed by atoms with Gasteiger partial charge in [-0.3, -0.25) is 4.79 Å². The van der Waals surface area contributed by atoms with Crippen LogP contribution < -0.4 is 16.0 Å². The number of anilines is 1. The fourth-order valence-corrected chi connectivity index (χ4v) is 2.81. The number of halogens is 1. The predicted octanol–water partition coefficient (Wildman–Crippen LogP) is 1.69. The summed E-state index contributed by atoms with van der Waals surface area (Å²) in [7, 11) is 0. The Hall–Kier alpha value is -1.33. The minimum Gasteiger partial charge on any atom is -0.389 e. The number of nitrogens with two attached hydrogens (primary N) is 1. The number of nitrogens with zero attached hydrogens (tertiary/aromatic N) is 1. The summed E-state index contributed by atoms with van der Waals surface area (Å²) in [6.45, 7) is 3.23. The van der Waals surface area contributed by atoms with E-state index in [-0.39, 0.29) is 11.9 Å². The van der Waals surface area contributed by atoms with Gasteiger partial charge >= 0.3 is 0 Å². The van der Waals surface area contributed by atoms with Gasteiger partial charge < -0.3 is 16.0 Å². The maximum Gasteiger partial charge on any atom is 0.217 e. The highest BCUT2D eigenvalue weighted by molar-refractivity contribution is 7.80. The summed E-state index contributed by atoms with van der Waals surface area (Å²) >= 11 is 11.1. The maximum atomic E-state index is 11.0. The van der Waals surface area contributed by atoms with Gasteiger partial charge in [-0.15, -0.1) is 0 Å². The summed E-state index contributed by atoms with van der Waals surface area (Å²) in [6.07, 6.45) is 0.939. The molecule has 1 heterocycles. The lowest BCUT2D eigenvalue weighted by Crippen LogP contribution is -2.35. The summed E-state index contributed by atoms with van der Waals surface area (Å²) in [6, 6.07) is 5.86. The first-order valence-electron chi connectivity index (χ1n) is 6.09. The second-order valence-corrected chi connectivity index (χ2v) is 5.51. The van der Waals surface area contributed by atoms with Gasteiger partial charge in [0, 0.05) is 37.3 Å². The van der Waals surface area contributed by atoms with Gasteiger partial charge in [-0.1, -0.05) is 23.8 Å². The molecule has 0 saturated carbocycles. The van der Waals surface area contributed by atoms with E-state index in [1.165, 1.54) is 6.92 Å². The lowest BCUT2D eigenvalue weighted by molar-refractivity contribution is -0.119. The number of amides is 1. The van der Waals surface area contributed by atoms with Crippen LogP contribution >= 0.6 is 23.8 Å². The molecule has 2 rings (SSSR count). The van der Waals surface area contributed by atoms with Crippen LogP contribution in [0.25, 0.3) is 0 Å². The molecule has 1 unspecified atom stereocenters.